The second-order valence-electron chi connectivity index (χ2n) is 7.50. The molecule has 2 aromatic heterocycles. The van der Waals surface area contributed by atoms with Crippen LogP contribution in [0.15, 0.2) is 66.6 Å². The first kappa shape index (κ1) is 22.2. The second-order valence-corrected chi connectivity index (χ2v) is 7.50. The molecule has 0 radical (unpaired) electrons. The number of aryl methyl sites for hydroxylation is 1. The molecule has 1 saturated heterocycles. The van der Waals surface area contributed by atoms with Gasteiger partial charge in [-0.3, -0.25) is 9.80 Å². The SMILES string of the molecule is C=C(/N=C1/[C@@H](O)N(C(=O)c2ccccc2)CCN1N)c1ccc(-n2cnc(C)c2)c(OC)n1. The summed E-state index contributed by atoms with van der Waals surface area (Å²) in [5, 5.41) is 12.2. The Hall–Kier alpha value is -4.02. The fourth-order valence-corrected chi connectivity index (χ4v) is 3.51. The molecule has 0 spiro atoms. The summed E-state index contributed by atoms with van der Waals surface area (Å²) in [5.41, 5.74) is 2.74. The van der Waals surface area contributed by atoms with Crippen LogP contribution in [0.5, 0.6) is 5.88 Å². The number of nitrogens with two attached hydrogens (primary N) is 1. The van der Waals surface area contributed by atoms with Crippen molar-refractivity contribution in [2.24, 2.45) is 10.8 Å². The van der Waals surface area contributed by atoms with Crippen LogP contribution in [0.4, 0.5) is 0 Å². The monoisotopic (exact) mass is 447 g/mol. The van der Waals surface area contributed by atoms with Crippen LogP contribution in [-0.4, -0.2) is 67.7 Å². The molecule has 170 valence electrons. The predicted molar refractivity (Wildman–Crippen MR) is 123 cm³/mol. The van der Waals surface area contributed by atoms with E-state index in [2.05, 4.69) is 21.5 Å². The molecule has 1 aliphatic heterocycles. The van der Waals surface area contributed by atoms with Gasteiger partial charge in [-0.25, -0.2) is 20.8 Å². The zero-order valence-electron chi connectivity index (χ0n) is 18.4. The van der Waals surface area contributed by atoms with Crippen LogP contribution >= 0.6 is 0 Å². The summed E-state index contributed by atoms with van der Waals surface area (Å²) in [7, 11) is 1.52. The maximum Gasteiger partial charge on any atom is 0.256 e. The van der Waals surface area contributed by atoms with Gasteiger partial charge in [0.25, 0.3) is 5.91 Å². The number of pyridine rings is 1. The number of amidine groups is 1. The van der Waals surface area contributed by atoms with E-state index in [1.807, 2.05) is 25.3 Å². The molecule has 1 amide bonds. The van der Waals surface area contributed by atoms with Crippen LogP contribution in [0, 0.1) is 6.92 Å². The Balaban J connectivity index is 1.60. The van der Waals surface area contributed by atoms with Gasteiger partial charge in [-0.15, -0.1) is 0 Å². The first-order chi connectivity index (χ1) is 15.9. The highest BCUT2D eigenvalue weighted by Crippen LogP contribution is 2.25. The van der Waals surface area contributed by atoms with Crippen LogP contribution in [0.3, 0.4) is 0 Å². The minimum Gasteiger partial charge on any atom is -0.479 e. The Labute approximate surface area is 191 Å². The number of amides is 1. The molecule has 0 bridgehead atoms. The molecule has 3 aromatic rings. The van der Waals surface area contributed by atoms with E-state index in [1.54, 1.807) is 41.2 Å². The van der Waals surface area contributed by atoms with E-state index in [-0.39, 0.29) is 24.0 Å². The van der Waals surface area contributed by atoms with Gasteiger partial charge in [0.05, 0.1) is 37.1 Å². The van der Waals surface area contributed by atoms with Crippen molar-refractivity contribution in [3.05, 3.63) is 78.5 Å². The average molecular weight is 447 g/mol. The second kappa shape index (κ2) is 9.23. The van der Waals surface area contributed by atoms with Gasteiger partial charge in [0, 0.05) is 18.3 Å². The van der Waals surface area contributed by atoms with Gasteiger partial charge in [-0.1, -0.05) is 24.8 Å². The Bertz CT molecular complexity index is 1210. The molecule has 1 atom stereocenters. The highest BCUT2D eigenvalue weighted by atomic mass is 16.5. The van der Waals surface area contributed by atoms with Crippen molar-refractivity contribution >= 4 is 17.4 Å². The number of aliphatic imine (C=N–C) groups is 1. The first-order valence-electron chi connectivity index (χ1n) is 10.3. The number of methoxy groups -OCH3 is 1. The van der Waals surface area contributed by atoms with E-state index in [9.17, 15) is 9.90 Å². The number of nitrogens with zero attached hydrogens (tertiary/aromatic N) is 6. The fraction of sp³-hybridized carbons (Fsp3) is 0.217. The van der Waals surface area contributed by atoms with Gasteiger partial charge in [0.1, 0.15) is 5.69 Å². The summed E-state index contributed by atoms with van der Waals surface area (Å²) in [6.07, 6.45) is 2.20. The molecule has 0 aliphatic carbocycles. The number of aliphatic hydroxyl groups excluding tert-OH is 1. The lowest BCUT2D eigenvalue weighted by atomic mass is 10.1. The fourth-order valence-electron chi connectivity index (χ4n) is 3.51. The number of piperazine rings is 1. The summed E-state index contributed by atoms with van der Waals surface area (Å²) in [4.78, 5) is 27.3. The smallest absolute Gasteiger partial charge is 0.256 e. The van der Waals surface area contributed by atoms with Crippen molar-refractivity contribution in [3.8, 4) is 11.6 Å². The quantitative estimate of drug-likeness (QED) is 0.570. The standard InChI is InChI=1S/C23H25N7O3/c1-15-13-28(14-25-15)19-10-9-18(27-21(19)33-3)16(2)26-20-23(32)29(11-12-30(20)24)22(31)17-7-5-4-6-8-17/h4-10,13-14,23,32H,2,11-12,24H2,1,3H3/b26-20-/t23-/m1/s1. The van der Waals surface area contributed by atoms with Crippen LogP contribution in [0.1, 0.15) is 21.7 Å². The average Bonchev–Trinajstić information content (AvgIpc) is 3.27. The lowest BCUT2D eigenvalue weighted by Crippen LogP contribution is -2.60. The maximum atomic E-state index is 12.9. The number of hydrazine groups is 1. The zero-order valence-corrected chi connectivity index (χ0v) is 18.4. The third kappa shape index (κ3) is 4.47. The van der Waals surface area contributed by atoms with Crippen molar-refractivity contribution in [2.45, 2.75) is 13.2 Å². The molecular weight excluding hydrogens is 422 g/mol. The third-order valence-corrected chi connectivity index (χ3v) is 5.25. The Morgan fingerprint density at radius 1 is 1.24 bits per heavy atom. The van der Waals surface area contributed by atoms with E-state index in [0.717, 1.165) is 5.69 Å². The number of hydrogen-bond acceptors (Lipinski definition) is 7. The Morgan fingerprint density at radius 2 is 2.00 bits per heavy atom. The topological polar surface area (TPSA) is 122 Å². The van der Waals surface area contributed by atoms with Crippen molar-refractivity contribution < 1.29 is 14.6 Å². The van der Waals surface area contributed by atoms with Gasteiger partial charge >= 0.3 is 0 Å². The van der Waals surface area contributed by atoms with Crippen LogP contribution in [-0.2, 0) is 0 Å². The minimum atomic E-state index is -1.33. The zero-order chi connectivity index (χ0) is 23.5. The molecule has 10 heteroatoms. The van der Waals surface area contributed by atoms with E-state index in [0.29, 0.717) is 29.4 Å². The molecule has 1 aromatic carbocycles. The largest absolute Gasteiger partial charge is 0.479 e. The first-order valence-corrected chi connectivity index (χ1v) is 10.3. The number of carbonyl (C=O) groups is 1. The van der Waals surface area contributed by atoms with Crippen LogP contribution in [0.25, 0.3) is 11.4 Å². The van der Waals surface area contributed by atoms with Crippen molar-refractivity contribution in [1.82, 2.24) is 24.4 Å². The number of aromatic nitrogens is 3. The van der Waals surface area contributed by atoms with Gasteiger partial charge in [0.2, 0.25) is 5.88 Å². The molecular formula is C23H25N7O3. The van der Waals surface area contributed by atoms with Crippen molar-refractivity contribution in [2.75, 3.05) is 20.2 Å². The molecule has 10 nitrogen and oxygen atoms in total. The molecule has 1 aliphatic rings. The number of imidazole rings is 1. The highest BCUT2D eigenvalue weighted by molar-refractivity contribution is 5.99. The molecule has 0 saturated carbocycles. The number of rotatable bonds is 5. The summed E-state index contributed by atoms with van der Waals surface area (Å²) in [6, 6.07) is 12.3. The van der Waals surface area contributed by atoms with Crippen LogP contribution < -0.4 is 10.6 Å². The summed E-state index contributed by atoms with van der Waals surface area (Å²) in [6.45, 7) is 6.42. The van der Waals surface area contributed by atoms with Crippen molar-refractivity contribution in [3.63, 3.8) is 0 Å². The van der Waals surface area contributed by atoms with E-state index < -0.39 is 6.23 Å². The maximum absolute atomic E-state index is 12.9. The predicted octanol–water partition coefficient (Wildman–Crippen LogP) is 1.60. The van der Waals surface area contributed by atoms with E-state index in [4.69, 9.17) is 10.6 Å². The van der Waals surface area contributed by atoms with Gasteiger partial charge < -0.3 is 19.3 Å². The number of benzene rings is 1. The third-order valence-electron chi connectivity index (χ3n) is 5.25. The van der Waals surface area contributed by atoms with Gasteiger partial charge in [-0.2, -0.15) is 0 Å². The normalized spacial score (nSPS) is 17.3. The molecule has 3 N–H and O–H groups in total. The van der Waals surface area contributed by atoms with Crippen LogP contribution in [0.2, 0.25) is 0 Å². The summed E-state index contributed by atoms with van der Waals surface area (Å²) >= 11 is 0. The summed E-state index contributed by atoms with van der Waals surface area (Å²) < 4.78 is 7.25. The number of hydrogen-bond donors (Lipinski definition) is 2. The number of ether oxygens (including phenoxy) is 1. The van der Waals surface area contributed by atoms with Gasteiger partial charge in [-0.05, 0) is 31.2 Å². The Morgan fingerprint density at radius 3 is 2.67 bits per heavy atom. The van der Waals surface area contributed by atoms with Gasteiger partial charge in [0.15, 0.2) is 12.1 Å². The lowest BCUT2D eigenvalue weighted by Gasteiger charge is -2.38. The van der Waals surface area contributed by atoms with Crippen molar-refractivity contribution in [1.29, 1.82) is 0 Å². The lowest BCUT2D eigenvalue weighted by molar-refractivity contribution is 0.0203. The molecule has 4 rings (SSSR count). The molecule has 1 fully saturated rings. The number of carbonyl (C=O) groups excluding carboxylic acids is 1. The molecule has 33 heavy (non-hydrogen) atoms. The summed E-state index contributed by atoms with van der Waals surface area (Å²) in [5.74, 6) is 6.22. The highest BCUT2D eigenvalue weighted by Gasteiger charge is 2.34. The molecule has 3 heterocycles. The molecule has 0 unspecified atom stereocenters. The van der Waals surface area contributed by atoms with E-state index >= 15 is 0 Å². The number of aliphatic hydroxyl groups is 1. The van der Waals surface area contributed by atoms with E-state index in [1.165, 1.54) is 17.0 Å². The minimum absolute atomic E-state index is 0.102. The Kier molecular flexibility index (Phi) is 6.20.